The lowest BCUT2D eigenvalue weighted by Crippen LogP contribution is -2.40. The van der Waals surface area contributed by atoms with Crippen molar-refractivity contribution in [1.29, 1.82) is 0 Å². The summed E-state index contributed by atoms with van der Waals surface area (Å²) in [6.45, 7) is 0.175. The van der Waals surface area contributed by atoms with Gasteiger partial charge in [-0.1, -0.05) is 17.3 Å². The molecule has 21 heavy (non-hydrogen) atoms. The Morgan fingerprint density at radius 2 is 2.14 bits per heavy atom. The second-order valence-electron chi connectivity index (χ2n) is 4.78. The van der Waals surface area contributed by atoms with Gasteiger partial charge in [0.2, 0.25) is 12.0 Å². The average Bonchev–Trinajstić information content (AvgIpc) is 3.12. The molecule has 4 rings (SSSR count). The van der Waals surface area contributed by atoms with E-state index in [1.54, 1.807) is 17.8 Å². The van der Waals surface area contributed by atoms with E-state index >= 15 is 0 Å². The van der Waals surface area contributed by atoms with Crippen molar-refractivity contribution in [3.05, 3.63) is 35.5 Å². The van der Waals surface area contributed by atoms with Gasteiger partial charge in [-0.15, -0.1) is 0 Å². The fourth-order valence-corrected chi connectivity index (χ4v) is 3.32. The van der Waals surface area contributed by atoms with E-state index in [0.717, 1.165) is 22.8 Å². The highest BCUT2D eigenvalue weighted by Crippen LogP contribution is 2.35. The van der Waals surface area contributed by atoms with Crippen molar-refractivity contribution in [1.82, 2.24) is 5.16 Å². The van der Waals surface area contributed by atoms with E-state index in [9.17, 15) is 4.79 Å². The summed E-state index contributed by atoms with van der Waals surface area (Å²) in [5.41, 5.74) is 1.87. The van der Waals surface area contributed by atoms with Gasteiger partial charge in [-0.2, -0.15) is 11.8 Å². The summed E-state index contributed by atoms with van der Waals surface area (Å²) in [6, 6.07) is 7.28. The minimum atomic E-state index is -0.699. The Hall–Kier alpha value is -2.15. The highest BCUT2D eigenvalue weighted by atomic mass is 32.2. The van der Waals surface area contributed by atoms with Crippen molar-refractivity contribution in [3.8, 4) is 11.5 Å². The molecule has 108 valence electrons. The molecule has 1 amide bonds. The minimum absolute atomic E-state index is 0.175. The number of benzene rings is 1. The summed E-state index contributed by atoms with van der Waals surface area (Å²) in [5, 5.41) is 6.68. The monoisotopic (exact) mass is 304 g/mol. The molecule has 2 aliphatic heterocycles. The van der Waals surface area contributed by atoms with Crippen molar-refractivity contribution in [3.63, 3.8) is 0 Å². The maximum Gasteiger partial charge on any atom is 0.271 e. The molecular weight excluding hydrogens is 292 g/mol. The minimum Gasteiger partial charge on any atom is -0.485 e. The number of anilines is 1. The molecular formula is C14H12N2O4S. The van der Waals surface area contributed by atoms with Crippen LogP contribution in [0.5, 0.6) is 11.5 Å². The van der Waals surface area contributed by atoms with Crippen LogP contribution in [0, 0.1) is 0 Å². The number of carbonyl (C=O) groups is 1. The van der Waals surface area contributed by atoms with Gasteiger partial charge < -0.3 is 14.0 Å². The van der Waals surface area contributed by atoms with Crippen LogP contribution >= 0.6 is 11.8 Å². The van der Waals surface area contributed by atoms with Gasteiger partial charge in [0.05, 0.1) is 11.3 Å². The van der Waals surface area contributed by atoms with Gasteiger partial charge in [0, 0.05) is 11.5 Å². The largest absolute Gasteiger partial charge is 0.485 e. The molecule has 6 nitrogen and oxygen atoms in total. The molecule has 0 saturated heterocycles. The van der Waals surface area contributed by atoms with E-state index < -0.39 is 6.10 Å². The molecule has 1 aromatic carbocycles. The standard InChI is InChI=1S/C14H12N2O4S/c17-13(15-14-8-6-21-7-9(8)16-20-14)12-5-18-10-3-1-2-4-11(10)19-12/h1-4,12H,5-7H2,(H,15,17)/t12-/m0/s1. The van der Waals surface area contributed by atoms with Gasteiger partial charge in [0.15, 0.2) is 11.5 Å². The molecule has 1 atom stereocenters. The first-order chi connectivity index (χ1) is 10.3. The Kier molecular flexibility index (Phi) is 2.99. The average molecular weight is 304 g/mol. The summed E-state index contributed by atoms with van der Waals surface area (Å²) in [4.78, 5) is 12.3. The fraction of sp³-hybridized carbons (Fsp3) is 0.286. The molecule has 0 bridgehead atoms. The third kappa shape index (κ3) is 2.23. The number of amides is 1. The third-order valence-corrected chi connectivity index (χ3v) is 4.36. The number of ether oxygens (including phenoxy) is 2. The molecule has 0 unspecified atom stereocenters. The highest BCUT2D eigenvalue weighted by Gasteiger charge is 2.30. The van der Waals surface area contributed by atoms with Crippen molar-refractivity contribution in [2.45, 2.75) is 17.6 Å². The SMILES string of the molecule is O=C(Nc1onc2c1CSC2)[C@@H]1COc2ccccc2O1. The number of fused-ring (bicyclic) bond motifs is 2. The molecule has 7 heteroatoms. The number of thioether (sulfide) groups is 1. The number of carbonyl (C=O) groups excluding carboxylic acids is 1. The molecule has 2 aromatic rings. The van der Waals surface area contributed by atoms with Crippen LogP contribution in [-0.2, 0) is 16.3 Å². The normalized spacial score (nSPS) is 19.1. The Morgan fingerprint density at radius 1 is 1.29 bits per heavy atom. The number of hydrogen-bond donors (Lipinski definition) is 1. The number of hydrogen-bond acceptors (Lipinski definition) is 6. The molecule has 2 aliphatic rings. The second-order valence-corrected chi connectivity index (χ2v) is 5.77. The van der Waals surface area contributed by atoms with Gasteiger partial charge in [0.25, 0.3) is 5.91 Å². The topological polar surface area (TPSA) is 73.6 Å². The van der Waals surface area contributed by atoms with Gasteiger partial charge in [-0.3, -0.25) is 10.1 Å². The fourth-order valence-electron chi connectivity index (χ4n) is 2.29. The van der Waals surface area contributed by atoms with Crippen molar-refractivity contribution in [2.75, 3.05) is 11.9 Å². The number of nitrogens with one attached hydrogen (secondary N) is 1. The van der Waals surface area contributed by atoms with Crippen LogP contribution in [0.2, 0.25) is 0 Å². The predicted octanol–water partition coefficient (Wildman–Crippen LogP) is 2.20. The quantitative estimate of drug-likeness (QED) is 0.917. The van der Waals surface area contributed by atoms with Crippen molar-refractivity contribution in [2.24, 2.45) is 0 Å². The van der Waals surface area contributed by atoms with Crippen LogP contribution in [0.1, 0.15) is 11.3 Å². The Labute approximate surface area is 124 Å². The van der Waals surface area contributed by atoms with Crippen LogP contribution in [0.3, 0.4) is 0 Å². The van der Waals surface area contributed by atoms with E-state index in [-0.39, 0.29) is 12.5 Å². The smallest absolute Gasteiger partial charge is 0.271 e. The summed E-state index contributed by atoms with van der Waals surface area (Å²) in [5.74, 6) is 2.98. The molecule has 0 radical (unpaired) electrons. The van der Waals surface area contributed by atoms with E-state index in [4.69, 9.17) is 14.0 Å². The Balaban J connectivity index is 1.49. The zero-order valence-corrected chi connectivity index (χ0v) is 11.8. The number of nitrogens with zero attached hydrogens (tertiary/aromatic N) is 1. The molecule has 1 N–H and O–H groups in total. The summed E-state index contributed by atoms with van der Waals surface area (Å²) in [6.07, 6.45) is -0.699. The van der Waals surface area contributed by atoms with Crippen molar-refractivity contribution >= 4 is 23.6 Å². The van der Waals surface area contributed by atoms with Crippen LogP contribution in [-0.4, -0.2) is 23.8 Å². The van der Waals surface area contributed by atoms with E-state index in [0.29, 0.717) is 17.4 Å². The number of para-hydroxylation sites is 2. The van der Waals surface area contributed by atoms with E-state index in [1.165, 1.54) is 0 Å². The lowest BCUT2D eigenvalue weighted by atomic mass is 10.2. The van der Waals surface area contributed by atoms with E-state index in [1.807, 2.05) is 18.2 Å². The lowest BCUT2D eigenvalue weighted by molar-refractivity contribution is -0.125. The van der Waals surface area contributed by atoms with Gasteiger partial charge >= 0.3 is 0 Å². The Bertz CT molecular complexity index is 700. The van der Waals surface area contributed by atoms with Gasteiger partial charge in [-0.25, -0.2) is 0 Å². The maximum atomic E-state index is 12.3. The van der Waals surface area contributed by atoms with Gasteiger partial charge in [0.1, 0.15) is 6.61 Å². The molecule has 0 spiro atoms. The molecule has 0 aliphatic carbocycles. The molecule has 1 aromatic heterocycles. The number of aromatic nitrogens is 1. The molecule has 3 heterocycles. The van der Waals surface area contributed by atoms with Gasteiger partial charge in [-0.05, 0) is 12.1 Å². The highest BCUT2D eigenvalue weighted by molar-refractivity contribution is 7.98. The summed E-state index contributed by atoms with van der Waals surface area (Å²) in [7, 11) is 0. The molecule has 0 fully saturated rings. The first kappa shape index (κ1) is 12.6. The first-order valence-corrected chi connectivity index (χ1v) is 7.71. The summed E-state index contributed by atoms with van der Waals surface area (Å²) < 4.78 is 16.4. The molecule has 0 saturated carbocycles. The first-order valence-electron chi connectivity index (χ1n) is 6.56. The van der Waals surface area contributed by atoms with Crippen LogP contribution in [0.15, 0.2) is 28.8 Å². The number of rotatable bonds is 2. The zero-order chi connectivity index (χ0) is 14.2. The van der Waals surface area contributed by atoms with E-state index in [2.05, 4.69) is 10.5 Å². The second kappa shape index (κ2) is 5.00. The summed E-state index contributed by atoms with van der Waals surface area (Å²) >= 11 is 1.75. The third-order valence-electron chi connectivity index (χ3n) is 3.39. The zero-order valence-electron chi connectivity index (χ0n) is 11.0. The predicted molar refractivity (Wildman–Crippen MR) is 76.5 cm³/mol. The Morgan fingerprint density at radius 3 is 3.05 bits per heavy atom. The van der Waals surface area contributed by atoms with Crippen LogP contribution in [0.4, 0.5) is 5.88 Å². The van der Waals surface area contributed by atoms with Crippen molar-refractivity contribution < 1.29 is 18.8 Å². The van der Waals surface area contributed by atoms with Crippen LogP contribution < -0.4 is 14.8 Å². The maximum absolute atomic E-state index is 12.3. The van der Waals surface area contributed by atoms with Crippen LogP contribution in [0.25, 0.3) is 0 Å². The lowest BCUT2D eigenvalue weighted by Gasteiger charge is -2.25.